The van der Waals surface area contributed by atoms with Gasteiger partial charge in [-0.05, 0) is 31.4 Å². The summed E-state index contributed by atoms with van der Waals surface area (Å²) in [7, 11) is 0. The van der Waals surface area contributed by atoms with Crippen LogP contribution < -0.4 is 0 Å². The average molecular weight is 230 g/mol. The average Bonchev–Trinajstić information content (AvgIpc) is 2.90. The van der Waals surface area contributed by atoms with E-state index >= 15 is 0 Å². The molecule has 1 aliphatic carbocycles. The van der Waals surface area contributed by atoms with Crippen LogP contribution in [0.15, 0.2) is 12.3 Å². The highest BCUT2D eigenvalue weighted by molar-refractivity contribution is 6.41. The van der Waals surface area contributed by atoms with Crippen LogP contribution in [0.5, 0.6) is 0 Å². The van der Waals surface area contributed by atoms with E-state index in [4.69, 9.17) is 23.2 Å². The zero-order valence-electron chi connectivity index (χ0n) is 7.68. The van der Waals surface area contributed by atoms with E-state index in [9.17, 15) is 4.79 Å². The van der Waals surface area contributed by atoms with Crippen molar-refractivity contribution in [3.63, 3.8) is 0 Å². The van der Waals surface area contributed by atoms with Gasteiger partial charge in [-0.2, -0.15) is 0 Å². The van der Waals surface area contributed by atoms with Gasteiger partial charge in [0.05, 0.1) is 10.4 Å². The Labute approximate surface area is 92.2 Å². The Kier molecular flexibility index (Phi) is 2.28. The first-order valence-corrected chi connectivity index (χ1v) is 5.14. The van der Waals surface area contributed by atoms with Crippen molar-refractivity contribution in [2.24, 2.45) is 0 Å². The van der Waals surface area contributed by atoms with Crippen LogP contribution in [0.1, 0.15) is 25.3 Å². The van der Waals surface area contributed by atoms with Gasteiger partial charge in [-0.1, -0.05) is 23.2 Å². The number of Topliss-reactive ketones (excluding diaryl/α,β-unsaturated/α-hetero) is 1. The number of pyridine rings is 1. The van der Waals surface area contributed by atoms with Gasteiger partial charge in [0.2, 0.25) is 0 Å². The fourth-order valence-corrected chi connectivity index (χ4v) is 1.92. The lowest BCUT2D eigenvalue weighted by molar-refractivity contribution is -0.119. The van der Waals surface area contributed by atoms with E-state index in [1.807, 2.05) is 0 Å². The highest BCUT2D eigenvalue weighted by Gasteiger charge is 2.49. The van der Waals surface area contributed by atoms with E-state index in [2.05, 4.69) is 4.98 Å². The molecule has 1 heterocycles. The molecule has 2 rings (SSSR count). The van der Waals surface area contributed by atoms with Gasteiger partial charge in [0.1, 0.15) is 10.9 Å². The van der Waals surface area contributed by atoms with Gasteiger partial charge in [-0.15, -0.1) is 0 Å². The van der Waals surface area contributed by atoms with Gasteiger partial charge in [-0.3, -0.25) is 4.79 Å². The molecule has 1 fully saturated rings. The van der Waals surface area contributed by atoms with Crippen LogP contribution in [0.2, 0.25) is 10.2 Å². The van der Waals surface area contributed by atoms with E-state index in [0.29, 0.717) is 5.02 Å². The zero-order valence-corrected chi connectivity index (χ0v) is 9.19. The van der Waals surface area contributed by atoms with Gasteiger partial charge in [0.15, 0.2) is 0 Å². The topological polar surface area (TPSA) is 30.0 Å². The third-order valence-electron chi connectivity index (χ3n) is 2.77. The summed E-state index contributed by atoms with van der Waals surface area (Å²) in [5.74, 6) is 0.178. The Balaban J connectivity index is 2.43. The Bertz CT molecular complexity index is 399. The molecule has 1 aliphatic rings. The van der Waals surface area contributed by atoms with Crippen molar-refractivity contribution in [2.75, 3.05) is 0 Å². The van der Waals surface area contributed by atoms with Crippen LogP contribution in [-0.4, -0.2) is 10.8 Å². The maximum atomic E-state index is 11.4. The van der Waals surface area contributed by atoms with Crippen molar-refractivity contribution in [2.45, 2.75) is 25.2 Å². The summed E-state index contributed by atoms with van der Waals surface area (Å²) in [5, 5.41) is 0.700. The molecule has 0 radical (unpaired) electrons. The van der Waals surface area contributed by atoms with E-state index in [0.717, 1.165) is 18.4 Å². The maximum absolute atomic E-state index is 11.4. The number of carbonyl (C=O) groups is 1. The number of hydrogen-bond acceptors (Lipinski definition) is 2. The maximum Gasteiger partial charge on any atom is 0.147 e. The molecule has 4 heteroatoms. The van der Waals surface area contributed by atoms with E-state index in [-0.39, 0.29) is 16.4 Å². The van der Waals surface area contributed by atoms with E-state index in [1.54, 1.807) is 19.2 Å². The van der Waals surface area contributed by atoms with Crippen LogP contribution in [0, 0.1) is 0 Å². The summed E-state index contributed by atoms with van der Waals surface area (Å²) in [6, 6.07) is 1.74. The van der Waals surface area contributed by atoms with Gasteiger partial charge < -0.3 is 0 Å². The minimum Gasteiger partial charge on any atom is -0.299 e. The second-order valence-corrected chi connectivity index (χ2v) is 4.40. The second kappa shape index (κ2) is 3.21. The molecular formula is C10H9Cl2NO. The first-order valence-electron chi connectivity index (χ1n) is 4.39. The smallest absolute Gasteiger partial charge is 0.147 e. The Morgan fingerprint density at radius 2 is 2.14 bits per heavy atom. The molecule has 0 atom stereocenters. The molecule has 0 amide bonds. The highest BCUT2D eigenvalue weighted by Crippen LogP contribution is 2.49. The molecule has 2 nitrogen and oxygen atoms in total. The van der Waals surface area contributed by atoms with Crippen molar-refractivity contribution in [1.82, 2.24) is 4.98 Å². The number of halogens is 2. The fourth-order valence-electron chi connectivity index (χ4n) is 1.65. The highest BCUT2D eigenvalue weighted by atomic mass is 35.5. The molecule has 0 aromatic carbocycles. The summed E-state index contributed by atoms with van der Waals surface area (Å²) in [5.41, 5.74) is 0.570. The predicted molar refractivity (Wildman–Crippen MR) is 55.9 cm³/mol. The van der Waals surface area contributed by atoms with Crippen molar-refractivity contribution in [3.05, 3.63) is 28.0 Å². The fraction of sp³-hybridized carbons (Fsp3) is 0.400. The standard InChI is InChI=1S/C10H9Cl2NO/c1-6(14)10(2-3-10)7-4-8(11)9(12)13-5-7/h4-5H,2-3H2,1H3. The number of carbonyl (C=O) groups excluding carboxylic acids is 1. The van der Waals surface area contributed by atoms with E-state index in [1.165, 1.54) is 0 Å². The molecule has 1 aromatic rings. The lowest BCUT2D eigenvalue weighted by atomic mass is 9.94. The molecule has 1 saturated carbocycles. The lowest BCUT2D eigenvalue weighted by Gasteiger charge is -2.11. The minimum absolute atomic E-state index is 0.178. The SMILES string of the molecule is CC(=O)C1(c2cnc(Cl)c(Cl)c2)CC1. The number of ketones is 1. The molecule has 1 aromatic heterocycles. The van der Waals surface area contributed by atoms with Gasteiger partial charge in [0, 0.05) is 6.20 Å². The Morgan fingerprint density at radius 1 is 1.50 bits per heavy atom. The largest absolute Gasteiger partial charge is 0.299 e. The molecule has 0 bridgehead atoms. The van der Waals surface area contributed by atoms with Gasteiger partial charge in [-0.25, -0.2) is 4.98 Å². The third kappa shape index (κ3) is 1.43. The van der Waals surface area contributed by atoms with Crippen LogP contribution >= 0.6 is 23.2 Å². The van der Waals surface area contributed by atoms with E-state index < -0.39 is 0 Å². The normalized spacial score (nSPS) is 17.9. The molecule has 0 aliphatic heterocycles. The number of hydrogen-bond donors (Lipinski definition) is 0. The van der Waals surface area contributed by atoms with Crippen LogP contribution in [0.25, 0.3) is 0 Å². The quantitative estimate of drug-likeness (QED) is 0.731. The summed E-state index contributed by atoms with van der Waals surface area (Å²) in [6.45, 7) is 1.61. The van der Waals surface area contributed by atoms with Gasteiger partial charge >= 0.3 is 0 Å². The number of rotatable bonds is 2. The lowest BCUT2D eigenvalue weighted by Crippen LogP contribution is -2.17. The van der Waals surface area contributed by atoms with Crippen molar-refractivity contribution in [3.8, 4) is 0 Å². The minimum atomic E-state index is -0.318. The molecule has 0 unspecified atom stereocenters. The monoisotopic (exact) mass is 229 g/mol. The van der Waals surface area contributed by atoms with Crippen molar-refractivity contribution < 1.29 is 4.79 Å². The first kappa shape index (κ1) is 9.94. The Hall–Kier alpha value is -0.600. The molecule has 0 spiro atoms. The Morgan fingerprint density at radius 3 is 2.57 bits per heavy atom. The molecule has 0 saturated heterocycles. The summed E-state index contributed by atoms with van der Waals surface area (Å²) >= 11 is 11.5. The van der Waals surface area contributed by atoms with Crippen LogP contribution in [-0.2, 0) is 10.2 Å². The third-order valence-corrected chi connectivity index (χ3v) is 3.46. The van der Waals surface area contributed by atoms with Crippen molar-refractivity contribution in [1.29, 1.82) is 0 Å². The summed E-state index contributed by atoms with van der Waals surface area (Å²) in [6.07, 6.45) is 3.42. The molecular weight excluding hydrogens is 221 g/mol. The molecule has 74 valence electrons. The van der Waals surface area contributed by atoms with Crippen LogP contribution in [0.3, 0.4) is 0 Å². The summed E-state index contributed by atoms with van der Waals surface area (Å²) < 4.78 is 0. The van der Waals surface area contributed by atoms with Crippen LogP contribution in [0.4, 0.5) is 0 Å². The molecule has 14 heavy (non-hydrogen) atoms. The first-order chi connectivity index (χ1) is 6.56. The second-order valence-electron chi connectivity index (χ2n) is 3.63. The van der Waals surface area contributed by atoms with Gasteiger partial charge in [0.25, 0.3) is 0 Å². The number of aromatic nitrogens is 1. The zero-order chi connectivity index (χ0) is 10.3. The molecule has 0 N–H and O–H groups in total. The van der Waals surface area contributed by atoms with Crippen molar-refractivity contribution >= 4 is 29.0 Å². The summed E-state index contributed by atoms with van der Waals surface area (Å²) in [4.78, 5) is 15.4. The number of nitrogens with zero attached hydrogens (tertiary/aromatic N) is 1. The predicted octanol–water partition coefficient (Wildman–Crippen LogP) is 3.01.